The Bertz CT molecular complexity index is 898. The molecule has 5 heteroatoms. The Balaban J connectivity index is 2.05. The van der Waals surface area contributed by atoms with Crippen LogP contribution < -0.4 is 0 Å². The van der Waals surface area contributed by atoms with E-state index in [-0.39, 0.29) is 0 Å². The second-order valence-corrected chi connectivity index (χ2v) is 5.67. The molecule has 0 fully saturated rings. The normalized spacial score (nSPS) is 11.1. The van der Waals surface area contributed by atoms with Crippen molar-refractivity contribution in [1.29, 1.82) is 0 Å². The lowest BCUT2D eigenvalue weighted by Crippen LogP contribution is -1.87. The molecule has 0 saturated heterocycles. The second kappa shape index (κ2) is 4.79. The van der Waals surface area contributed by atoms with Crippen LogP contribution in [-0.2, 0) is 0 Å². The molecule has 0 N–H and O–H groups in total. The lowest BCUT2D eigenvalue weighted by molar-refractivity contribution is 0.451. The van der Waals surface area contributed by atoms with Gasteiger partial charge >= 0.3 is 0 Å². The minimum absolute atomic E-state index is 0.709. The van der Waals surface area contributed by atoms with E-state index in [2.05, 4.69) is 16.2 Å². The zero-order chi connectivity index (χ0) is 14.2. The number of hydrogen-bond donors (Lipinski definition) is 0. The molecule has 0 radical (unpaired) electrons. The van der Waals surface area contributed by atoms with Crippen molar-refractivity contribution < 1.29 is 4.52 Å². The first kappa shape index (κ1) is 12.2. The molecule has 0 aliphatic heterocycles. The highest BCUT2D eigenvalue weighted by atomic mass is 32.1. The summed E-state index contributed by atoms with van der Waals surface area (Å²) in [7, 11) is 0. The quantitative estimate of drug-likeness (QED) is 0.552. The maximum absolute atomic E-state index is 5.47. The van der Waals surface area contributed by atoms with Gasteiger partial charge in [0.25, 0.3) is 0 Å². The average molecular weight is 293 g/mol. The van der Waals surface area contributed by atoms with Crippen molar-refractivity contribution in [2.45, 2.75) is 6.92 Å². The fourth-order valence-corrected chi connectivity index (χ4v) is 3.00. The molecule has 0 aliphatic rings. The molecule has 0 saturated carbocycles. The van der Waals surface area contributed by atoms with Gasteiger partial charge in [-0.3, -0.25) is 4.98 Å². The van der Waals surface area contributed by atoms with Gasteiger partial charge in [-0.1, -0.05) is 17.3 Å². The van der Waals surface area contributed by atoms with E-state index in [0.29, 0.717) is 5.58 Å². The maximum atomic E-state index is 5.47. The van der Waals surface area contributed by atoms with Crippen LogP contribution in [0.2, 0.25) is 0 Å². The van der Waals surface area contributed by atoms with Gasteiger partial charge < -0.3 is 4.52 Å². The van der Waals surface area contributed by atoms with E-state index >= 15 is 0 Å². The summed E-state index contributed by atoms with van der Waals surface area (Å²) in [6, 6.07) is 10.0. The molecule has 102 valence electrons. The van der Waals surface area contributed by atoms with Crippen LogP contribution in [0.3, 0.4) is 0 Å². The Kier molecular flexibility index (Phi) is 2.79. The van der Waals surface area contributed by atoms with E-state index in [0.717, 1.165) is 32.9 Å². The molecule has 0 spiro atoms. The second-order valence-electron chi connectivity index (χ2n) is 4.72. The van der Waals surface area contributed by atoms with Gasteiger partial charge in [0.1, 0.15) is 11.2 Å². The smallest absolute Gasteiger partial charge is 0.193 e. The monoisotopic (exact) mass is 293 g/mol. The number of aryl methyl sites for hydroxylation is 1. The molecule has 0 aliphatic carbocycles. The number of fused-ring (bicyclic) bond motifs is 1. The summed E-state index contributed by atoms with van der Waals surface area (Å²) >= 11 is 1.67. The van der Waals surface area contributed by atoms with Gasteiger partial charge in [0.05, 0.1) is 10.6 Å². The van der Waals surface area contributed by atoms with Crippen LogP contribution in [0.25, 0.3) is 32.8 Å². The van der Waals surface area contributed by atoms with Crippen LogP contribution >= 0.6 is 11.3 Å². The molecule has 0 aromatic carbocycles. The Morgan fingerprint density at radius 2 is 2.14 bits per heavy atom. The predicted octanol–water partition coefficient (Wildman–Crippen LogP) is 4.32. The molecular weight excluding hydrogens is 282 g/mol. The van der Waals surface area contributed by atoms with Crippen LogP contribution in [0.1, 0.15) is 5.69 Å². The molecule has 0 atom stereocenters. The van der Waals surface area contributed by atoms with E-state index in [1.165, 1.54) is 0 Å². The summed E-state index contributed by atoms with van der Waals surface area (Å²) in [5.74, 6) is 0. The van der Waals surface area contributed by atoms with E-state index < -0.39 is 0 Å². The standard InChI is InChI=1S/C16H11N3OS/c1-10-15-16(20-19-10)12(11-4-2-6-17-9-11)8-13(18-15)14-5-3-7-21-14/h2-9H,1H3. The summed E-state index contributed by atoms with van der Waals surface area (Å²) in [5, 5.41) is 6.10. The van der Waals surface area contributed by atoms with Crippen molar-refractivity contribution in [3.05, 3.63) is 53.8 Å². The Morgan fingerprint density at radius 1 is 1.19 bits per heavy atom. The van der Waals surface area contributed by atoms with Gasteiger partial charge in [0.2, 0.25) is 0 Å². The topological polar surface area (TPSA) is 51.8 Å². The lowest BCUT2D eigenvalue weighted by atomic mass is 10.1. The van der Waals surface area contributed by atoms with Crippen molar-refractivity contribution >= 4 is 22.4 Å². The summed E-state index contributed by atoms with van der Waals surface area (Å²) in [4.78, 5) is 10.0. The van der Waals surface area contributed by atoms with Crippen molar-refractivity contribution in [2.24, 2.45) is 0 Å². The molecule has 4 rings (SSSR count). The zero-order valence-corrected chi connectivity index (χ0v) is 12.1. The number of hydrogen-bond acceptors (Lipinski definition) is 5. The Labute approximate surface area is 125 Å². The number of pyridine rings is 2. The highest BCUT2D eigenvalue weighted by Crippen LogP contribution is 2.34. The number of aromatic nitrogens is 3. The summed E-state index contributed by atoms with van der Waals surface area (Å²) < 4.78 is 5.47. The third-order valence-corrected chi connectivity index (χ3v) is 4.23. The van der Waals surface area contributed by atoms with Gasteiger partial charge in [-0.2, -0.15) is 0 Å². The predicted molar refractivity (Wildman–Crippen MR) is 83.1 cm³/mol. The molecule has 0 amide bonds. The minimum Gasteiger partial charge on any atom is -0.354 e. The first-order valence-electron chi connectivity index (χ1n) is 6.54. The minimum atomic E-state index is 0.709. The number of nitrogens with zero attached hydrogens (tertiary/aromatic N) is 3. The van der Waals surface area contributed by atoms with Crippen molar-refractivity contribution in [3.63, 3.8) is 0 Å². The molecular formula is C16H11N3OS. The Morgan fingerprint density at radius 3 is 2.90 bits per heavy atom. The Hall–Kier alpha value is -2.53. The van der Waals surface area contributed by atoms with E-state index in [1.54, 1.807) is 17.5 Å². The largest absolute Gasteiger partial charge is 0.354 e. The zero-order valence-electron chi connectivity index (χ0n) is 11.3. The van der Waals surface area contributed by atoms with Crippen molar-refractivity contribution in [3.8, 4) is 21.7 Å². The summed E-state index contributed by atoms with van der Waals surface area (Å²) in [5.41, 5.74) is 5.22. The lowest BCUT2D eigenvalue weighted by Gasteiger charge is -2.04. The van der Waals surface area contributed by atoms with E-state index in [9.17, 15) is 0 Å². The highest BCUT2D eigenvalue weighted by molar-refractivity contribution is 7.13. The van der Waals surface area contributed by atoms with E-state index in [1.807, 2.05) is 42.8 Å². The molecule has 4 heterocycles. The van der Waals surface area contributed by atoms with Crippen LogP contribution in [0, 0.1) is 6.92 Å². The summed E-state index contributed by atoms with van der Waals surface area (Å²) in [6.07, 6.45) is 3.58. The van der Waals surface area contributed by atoms with E-state index in [4.69, 9.17) is 9.51 Å². The van der Waals surface area contributed by atoms with Crippen molar-refractivity contribution in [1.82, 2.24) is 15.1 Å². The van der Waals surface area contributed by atoms with Crippen LogP contribution in [0.15, 0.2) is 52.6 Å². The third-order valence-electron chi connectivity index (χ3n) is 3.34. The number of rotatable bonds is 2. The summed E-state index contributed by atoms with van der Waals surface area (Å²) in [6.45, 7) is 1.91. The molecule has 21 heavy (non-hydrogen) atoms. The molecule has 4 aromatic heterocycles. The van der Waals surface area contributed by atoms with Gasteiger partial charge in [0.15, 0.2) is 5.58 Å². The van der Waals surface area contributed by atoms with Crippen LogP contribution in [-0.4, -0.2) is 15.1 Å². The SMILES string of the molecule is Cc1noc2c(-c3cccnc3)cc(-c3cccs3)nc12. The average Bonchev–Trinajstić information content (AvgIpc) is 3.18. The first-order chi connectivity index (χ1) is 10.3. The fraction of sp³-hybridized carbons (Fsp3) is 0.0625. The molecule has 0 bridgehead atoms. The van der Waals surface area contributed by atoms with Gasteiger partial charge in [-0.25, -0.2) is 4.98 Å². The van der Waals surface area contributed by atoms with Crippen molar-refractivity contribution in [2.75, 3.05) is 0 Å². The molecule has 4 nitrogen and oxygen atoms in total. The van der Waals surface area contributed by atoms with Crippen LogP contribution in [0.5, 0.6) is 0 Å². The van der Waals surface area contributed by atoms with Gasteiger partial charge in [-0.15, -0.1) is 11.3 Å². The molecule has 4 aromatic rings. The first-order valence-corrected chi connectivity index (χ1v) is 7.42. The van der Waals surface area contributed by atoms with Gasteiger partial charge in [0, 0.05) is 23.5 Å². The highest BCUT2D eigenvalue weighted by Gasteiger charge is 2.16. The maximum Gasteiger partial charge on any atom is 0.193 e. The molecule has 0 unspecified atom stereocenters. The van der Waals surface area contributed by atoms with Crippen LogP contribution in [0.4, 0.5) is 0 Å². The third kappa shape index (κ3) is 2.02. The van der Waals surface area contributed by atoms with Gasteiger partial charge in [-0.05, 0) is 30.5 Å². The fourth-order valence-electron chi connectivity index (χ4n) is 2.32. The number of thiophene rings is 1.